The van der Waals surface area contributed by atoms with Crippen molar-refractivity contribution in [3.63, 3.8) is 0 Å². The fourth-order valence-corrected chi connectivity index (χ4v) is 0.945. The fourth-order valence-electron chi connectivity index (χ4n) is 0.945. The SMILES string of the molecule is O=C(O)[C@@H]1NC[C@H](O)[C@H]1O. The van der Waals surface area contributed by atoms with Gasteiger partial charge in [-0.15, -0.1) is 0 Å². The minimum Gasteiger partial charge on any atom is -0.480 e. The third-order valence-corrected chi connectivity index (χ3v) is 1.55. The first-order valence-electron chi connectivity index (χ1n) is 2.95. The molecule has 0 unspecified atom stereocenters. The van der Waals surface area contributed by atoms with Crippen LogP contribution in [0.1, 0.15) is 0 Å². The van der Waals surface area contributed by atoms with Crippen molar-refractivity contribution >= 4 is 5.97 Å². The monoisotopic (exact) mass is 147 g/mol. The van der Waals surface area contributed by atoms with Gasteiger partial charge in [-0.25, -0.2) is 0 Å². The molecule has 1 heterocycles. The molecule has 58 valence electrons. The molecule has 0 aliphatic carbocycles. The van der Waals surface area contributed by atoms with E-state index in [0.29, 0.717) is 0 Å². The highest BCUT2D eigenvalue weighted by Gasteiger charge is 2.37. The van der Waals surface area contributed by atoms with E-state index in [1.807, 2.05) is 0 Å². The topological polar surface area (TPSA) is 89.8 Å². The molecule has 10 heavy (non-hydrogen) atoms. The van der Waals surface area contributed by atoms with Crippen molar-refractivity contribution in [2.75, 3.05) is 6.54 Å². The third kappa shape index (κ3) is 1.11. The van der Waals surface area contributed by atoms with Crippen molar-refractivity contribution < 1.29 is 20.1 Å². The first-order valence-corrected chi connectivity index (χ1v) is 2.95. The lowest BCUT2D eigenvalue weighted by atomic mass is 10.1. The maximum absolute atomic E-state index is 10.2. The summed E-state index contributed by atoms with van der Waals surface area (Å²) >= 11 is 0. The number of hydrogen-bond donors (Lipinski definition) is 4. The van der Waals surface area contributed by atoms with E-state index >= 15 is 0 Å². The highest BCUT2D eigenvalue weighted by atomic mass is 16.4. The van der Waals surface area contributed by atoms with Gasteiger partial charge in [0.25, 0.3) is 0 Å². The van der Waals surface area contributed by atoms with Crippen LogP contribution in [0.15, 0.2) is 0 Å². The van der Waals surface area contributed by atoms with E-state index in [2.05, 4.69) is 5.32 Å². The van der Waals surface area contributed by atoms with Gasteiger partial charge in [0, 0.05) is 6.54 Å². The van der Waals surface area contributed by atoms with Crippen molar-refractivity contribution in [1.29, 1.82) is 0 Å². The van der Waals surface area contributed by atoms with E-state index in [1.54, 1.807) is 0 Å². The van der Waals surface area contributed by atoms with E-state index in [4.69, 9.17) is 15.3 Å². The molecule has 0 aromatic rings. The Hall–Kier alpha value is -0.650. The fraction of sp³-hybridized carbons (Fsp3) is 0.800. The summed E-state index contributed by atoms with van der Waals surface area (Å²) in [4.78, 5) is 10.2. The van der Waals surface area contributed by atoms with Crippen molar-refractivity contribution in [2.45, 2.75) is 18.2 Å². The Labute approximate surface area is 57.3 Å². The number of β-amino-alcohol motifs (C(OH)–C–C–N with tert-alkyl or cyclic N) is 1. The molecular weight excluding hydrogens is 138 g/mol. The maximum atomic E-state index is 10.2. The van der Waals surface area contributed by atoms with Gasteiger partial charge in [0.2, 0.25) is 0 Å². The van der Waals surface area contributed by atoms with Gasteiger partial charge >= 0.3 is 5.97 Å². The third-order valence-electron chi connectivity index (χ3n) is 1.55. The zero-order valence-electron chi connectivity index (χ0n) is 5.19. The van der Waals surface area contributed by atoms with Gasteiger partial charge in [-0.3, -0.25) is 10.1 Å². The van der Waals surface area contributed by atoms with Crippen LogP contribution in [-0.4, -0.2) is 46.1 Å². The molecule has 0 spiro atoms. The molecule has 4 N–H and O–H groups in total. The summed E-state index contributed by atoms with van der Waals surface area (Å²) in [6.07, 6.45) is -2.14. The van der Waals surface area contributed by atoms with Gasteiger partial charge in [-0.05, 0) is 0 Å². The van der Waals surface area contributed by atoms with Crippen LogP contribution in [0.4, 0.5) is 0 Å². The summed E-state index contributed by atoms with van der Waals surface area (Å²) < 4.78 is 0. The van der Waals surface area contributed by atoms with E-state index < -0.39 is 24.2 Å². The molecule has 3 atom stereocenters. The standard InChI is InChI=1S/C5H9NO4/c7-2-1-6-3(4(2)8)5(9)10/h2-4,6-8H,1H2,(H,9,10)/t2-,3+,4+/m0/s1. The zero-order valence-corrected chi connectivity index (χ0v) is 5.19. The molecule has 1 fully saturated rings. The number of carboxylic acid groups (broad SMARTS) is 1. The van der Waals surface area contributed by atoms with Gasteiger partial charge in [-0.1, -0.05) is 0 Å². The largest absolute Gasteiger partial charge is 0.480 e. The minimum atomic E-state index is -1.18. The normalized spacial score (nSPS) is 40.0. The predicted molar refractivity (Wildman–Crippen MR) is 31.4 cm³/mol. The summed E-state index contributed by atoms with van der Waals surface area (Å²) in [6.45, 7) is 0.137. The number of aliphatic carboxylic acids is 1. The summed E-state index contributed by atoms with van der Waals surface area (Å²) in [5.74, 6) is -1.14. The van der Waals surface area contributed by atoms with E-state index in [0.717, 1.165) is 0 Å². The molecule has 5 nitrogen and oxygen atoms in total. The van der Waals surface area contributed by atoms with Crippen LogP contribution < -0.4 is 5.32 Å². The number of carboxylic acids is 1. The second-order valence-electron chi connectivity index (χ2n) is 2.28. The van der Waals surface area contributed by atoms with Gasteiger partial charge in [0.1, 0.15) is 12.1 Å². The van der Waals surface area contributed by atoms with Gasteiger partial charge in [-0.2, -0.15) is 0 Å². The lowest BCUT2D eigenvalue weighted by molar-refractivity contribution is -0.142. The van der Waals surface area contributed by atoms with Crippen molar-refractivity contribution in [3.8, 4) is 0 Å². The van der Waals surface area contributed by atoms with Crippen molar-refractivity contribution in [2.24, 2.45) is 0 Å². The summed E-state index contributed by atoms with van der Waals surface area (Å²) in [5, 5.41) is 28.6. The van der Waals surface area contributed by atoms with Gasteiger partial charge in [0.05, 0.1) is 6.10 Å². The van der Waals surface area contributed by atoms with Crippen molar-refractivity contribution in [1.82, 2.24) is 5.32 Å². The maximum Gasteiger partial charge on any atom is 0.323 e. The van der Waals surface area contributed by atoms with Gasteiger partial charge in [0.15, 0.2) is 0 Å². The van der Waals surface area contributed by atoms with Crippen LogP contribution in [0.25, 0.3) is 0 Å². The average molecular weight is 147 g/mol. The smallest absolute Gasteiger partial charge is 0.323 e. The molecule has 1 saturated heterocycles. The number of rotatable bonds is 1. The van der Waals surface area contributed by atoms with Crippen LogP contribution in [0.3, 0.4) is 0 Å². The van der Waals surface area contributed by atoms with E-state index in [9.17, 15) is 4.79 Å². The highest BCUT2D eigenvalue weighted by molar-refractivity contribution is 5.74. The van der Waals surface area contributed by atoms with Crippen LogP contribution >= 0.6 is 0 Å². The number of aliphatic hydroxyl groups is 2. The molecule has 1 aliphatic rings. The molecule has 0 amide bonds. The quantitative estimate of drug-likeness (QED) is 0.337. The molecule has 0 bridgehead atoms. The Bertz CT molecular complexity index is 149. The second kappa shape index (κ2) is 2.53. The lowest BCUT2D eigenvalue weighted by Gasteiger charge is -2.09. The Balaban J connectivity index is 2.57. The summed E-state index contributed by atoms with van der Waals surface area (Å²) in [5.41, 5.74) is 0. The minimum absolute atomic E-state index is 0.137. The van der Waals surface area contributed by atoms with Crippen LogP contribution in [0.5, 0.6) is 0 Å². The highest BCUT2D eigenvalue weighted by Crippen LogP contribution is 2.06. The summed E-state index contributed by atoms with van der Waals surface area (Å²) in [6, 6.07) is -1.02. The Morgan fingerprint density at radius 2 is 2.10 bits per heavy atom. The van der Waals surface area contributed by atoms with E-state index in [1.165, 1.54) is 0 Å². The molecule has 0 saturated carbocycles. The molecule has 1 aliphatic heterocycles. The summed E-state index contributed by atoms with van der Waals surface area (Å²) in [7, 11) is 0. The van der Waals surface area contributed by atoms with E-state index in [-0.39, 0.29) is 6.54 Å². The van der Waals surface area contributed by atoms with Crippen LogP contribution in [0, 0.1) is 0 Å². The number of aliphatic hydroxyl groups excluding tert-OH is 2. The molecule has 1 rings (SSSR count). The first-order chi connectivity index (χ1) is 4.63. The Morgan fingerprint density at radius 3 is 2.30 bits per heavy atom. The molecule has 0 aromatic heterocycles. The molecular formula is C5H9NO4. The lowest BCUT2D eigenvalue weighted by Crippen LogP contribution is -2.39. The Kier molecular flexibility index (Phi) is 1.89. The van der Waals surface area contributed by atoms with Crippen molar-refractivity contribution in [3.05, 3.63) is 0 Å². The van der Waals surface area contributed by atoms with Crippen LogP contribution in [-0.2, 0) is 4.79 Å². The molecule has 0 aromatic carbocycles. The number of nitrogens with one attached hydrogen (secondary N) is 1. The zero-order chi connectivity index (χ0) is 7.72. The molecule has 5 heteroatoms. The Morgan fingerprint density at radius 1 is 1.50 bits per heavy atom. The number of carbonyl (C=O) groups is 1. The molecule has 0 radical (unpaired) electrons. The average Bonchev–Trinajstić information content (AvgIpc) is 2.14. The number of hydrogen-bond acceptors (Lipinski definition) is 4. The van der Waals surface area contributed by atoms with Gasteiger partial charge < -0.3 is 15.3 Å². The first kappa shape index (κ1) is 7.46. The second-order valence-corrected chi connectivity index (χ2v) is 2.28. The van der Waals surface area contributed by atoms with Crippen LogP contribution in [0.2, 0.25) is 0 Å². The predicted octanol–water partition coefficient (Wildman–Crippen LogP) is -2.24.